The molecule has 2 nitrogen and oxygen atoms in total. The van der Waals surface area contributed by atoms with Crippen LogP contribution in [0.1, 0.15) is 31.9 Å². The molecular weight excluding hydrogens is 196 g/mol. The summed E-state index contributed by atoms with van der Waals surface area (Å²) in [5.41, 5.74) is 7.38. The molecular formula is C14H24N2. The third-order valence-electron chi connectivity index (χ3n) is 2.82. The molecule has 0 aliphatic carbocycles. The van der Waals surface area contributed by atoms with Crippen LogP contribution in [0.5, 0.6) is 0 Å². The predicted molar refractivity (Wildman–Crippen MR) is 70.3 cm³/mol. The molecule has 0 aromatic heterocycles. The number of nitrogens with zero attached hydrogens (tertiary/aromatic N) is 1. The van der Waals surface area contributed by atoms with Crippen molar-refractivity contribution in [2.24, 2.45) is 11.7 Å². The lowest BCUT2D eigenvalue weighted by Gasteiger charge is -2.22. The van der Waals surface area contributed by atoms with Crippen molar-refractivity contribution in [1.29, 1.82) is 0 Å². The summed E-state index contributed by atoms with van der Waals surface area (Å²) in [6, 6.07) is 10.4. The Kier molecular flexibility index (Phi) is 5.50. The summed E-state index contributed by atoms with van der Waals surface area (Å²) < 4.78 is 0. The molecule has 1 aromatic carbocycles. The molecule has 1 rings (SSSR count). The van der Waals surface area contributed by atoms with Crippen LogP contribution in [0.2, 0.25) is 0 Å². The zero-order valence-corrected chi connectivity index (χ0v) is 10.7. The summed E-state index contributed by atoms with van der Waals surface area (Å²) in [7, 11) is 2.14. The van der Waals surface area contributed by atoms with E-state index < -0.39 is 0 Å². The molecule has 0 aliphatic rings. The smallest absolute Gasteiger partial charge is 0.0424 e. The summed E-state index contributed by atoms with van der Waals surface area (Å²) in [6.07, 6.45) is 1.23. The Morgan fingerprint density at radius 1 is 1.19 bits per heavy atom. The molecule has 0 aliphatic heterocycles. The van der Waals surface area contributed by atoms with Crippen molar-refractivity contribution in [3.05, 3.63) is 35.9 Å². The summed E-state index contributed by atoms with van der Waals surface area (Å²) in [6.45, 7) is 6.56. The normalized spacial score (nSPS) is 13.4. The first-order chi connectivity index (χ1) is 7.59. The molecule has 0 fully saturated rings. The van der Waals surface area contributed by atoms with E-state index in [2.05, 4.69) is 37.9 Å². The van der Waals surface area contributed by atoms with E-state index in [-0.39, 0.29) is 6.04 Å². The molecule has 16 heavy (non-hydrogen) atoms. The van der Waals surface area contributed by atoms with Crippen molar-refractivity contribution in [2.75, 3.05) is 20.1 Å². The monoisotopic (exact) mass is 220 g/mol. The molecule has 0 radical (unpaired) electrons. The Labute approximate surface area is 99.5 Å². The molecule has 0 saturated carbocycles. The van der Waals surface area contributed by atoms with Crippen molar-refractivity contribution in [1.82, 2.24) is 4.90 Å². The van der Waals surface area contributed by atoms with Gasteiger partial charge in [0.25, 0.3) is 0 Å². The SMILES string of the molecule is CC(C)CCN(C)CC(N)c1ccccc1. The molecule has 90 valence electrons. The van der Waals surface area contributed by atoms with E-state index >= 15 is 0 Å². The van der Waals surface area contributed by atoms with Gasteiger partial charge in [-0.15, -0.1) is 0 Å². The van der Waals surface area contributed by atoms with Crippen molar-refractivity contribution < 1.29 is 0 Å². The van der Waals surface area contributed by atoms with E-state index in [1.807, 2.05) is 18.2 Å². The van der Waals surface area contributed by atoms with Crippen LogP contribution in [0, 0.1) is 5.92 Å². The first kappa shape index (κ1) is 13.2. The Morgan fingerprint density at radius 3 is 2.38 bits per heavy atom. The van der Waals surface area contributed by atoms with Crippen LogP contribution in [0.25, 0.3) is 0 Å². The lowest BCUT2D eigenvalue weighted by Crippen LogP contribution is -2.30. The first-order valence-electron chi connectivity index (χ1n) is 6.08. The quantitative estimate of drug-likeness (QED) is 0.798. The summed E-state index contributed by atoms with van der Waals surface area (Å²) >= 11 is 0. The Bertz CT molecular complexity index is 282. The van der Waals surface area contributed by atoms with Crippen LogP contribution in [0.15, 0.2) is 30.3 Å². The molecule has 0 spiro atoms. The number of hydrogen-bond acceptors (Lipinski definition) is 2. The van der Waals surface area contributed by atoms with Gasteiger partial charge in [0.15, 0.2) is 0 Å². The molecule has 0 saturated heterocycles. The van der Waals surface area contributed by atoms with Crippen LogP contribution in [0.3, 0.4) is 0 Å². The molecule has 2 heteroatoms. The molecule has 1 unspecified atom stereocenters. The van der Waals surface area contributed by atoms with E-state index in [0.717, 1.165) is 19.0 Å². The van der Waals surface area contributed by atoms with Gasteiger partial charge >= 0.3 is 0 Å². The molecule has 0 amide bonds. The van der Waals surface area contributed by atoms with Gasteiger partial charge in [0.2, 0.25) is 0 Å². The fourth-order valence-corrected chi connectivity index (χ4v) is 1.71. The van der Waals surface area contributed by atoms with Gasteiger partial charge in [0.1, 0.15) is 0 Å². The molecule has 1 atom stereocenters. The second kappa shape index (κ2) is 6.66. The van der Waals surface area contributed by atoms with Gasteiger partial charge in [0.05, 0.1) is 0 Å². The largest absolute Gasteiger partial charge is 0.323 e. The average molecular weight is 220 g/mol. The third-order valence-corrected chi connectivity index (χ3v) is 2.82. The number of hydrogen-bond donors (Lipinski definition) is 1. The second-order valence-electron chi connectivity index (χ2n) is 4.96. The number of rotatable bonds is 6. The number of nitrogens with two attached hydrogens (primary N) is 1. The number of benzene rings is 1. The highest BCUT2D eigenvalue weighted by molar-refractivity contribution is 5.18. The van der Waals surface area contributed by atoms with Gasteiger partial charge in [-0.05, 0) is 31.5 Å². The number of likely N-dealkylation sites (N-methyl/N-ethyl adjacent to an activating group) is 1. The Balaban J connectivity index is 2.36. The molecule has 0 bridgehead atoms. The van der Waals surface area contributed by atoms with E-state index in [4.69, 9.17) is 5.73 Å². The zero-order chi connectivity index (χ0) is 12.0. The zero-order valence-electron chi connectivity index (χ0n) is 10.7. The van der Waals surface area contributed by atoms with Crippen molar-refractivity contribution in [2.45, 2.75) is 26.3 Å². The maximum absolute atomic E-state index is 6.16. The maximum Gasteiger partial charge on any atom is 0.0424 e. The Hall–Kier alpha value is -0.860. The fraction of sp³-hybridized carbons (Fsp3) is 0.571. The van der Waals surface area contributed by atoms with Gasteiger partial charge in [-0.1, -0.05) is 44.2 Å². The van der Waals surface area contributed by atoms with Gasteiger partial charge in [0, 0.05) is 12.6 Å². The van der Waals surface area contributed by atoms with Crippen LogP contribution in [-0.2, 0) is 0 Å². The van der Waals surface area contributed by atoms with Gasteiger partial charge in [-0.25, -0.2) is 0 Å². The Morgan fingerprint density at radius 2 is 1.81 bits per heavy atom. The highest BCUT2D eigenvalue weighted by Gasteiger charge is 2.08. The lowest BCUT2D eigenvalue weighted by atomic mass is 10.1. The van der Waals surface area contributed by atoms with Crippen molar-refractivity contribution in [3.8, 4) is 0 Å². The molecule has 1 aromatic rings. The minimum atomic E-state index is 0.123. The van der Waals surface area contributed by atoms with Crippen LogP contribution in [-0.4, -0.2) is 25.0 Å². The van der Waals surface area contributed by atoms with Crippen LogP contribution in [0.4, 0.5) is 0 Å². The van der Waals surface area contributed by atoms with E-state index in [9.17, 15) is 0 Å². The maximum atomic E-state index is 6.16. The average Bonchev–Trinajstić information content (AvgIpc) is 2.27. The summed E-state index contributed by atoms with van der Waals surface area (Å²) in [5.74, 6) is 0.760. The predicted octanol–water partition coefficient (Wildman–Crippen LogP) is 2.66. The molecule has 0 heterocycles. The van der Waals surface area contributed by atoms with Gasteiger partial charge in [-0.3, -0.25) is 0 Å². The highest BCUT2D eigenvalue weighted by atomic mass is 15.1. The lowest BCUT2D eigenvalue weighted by molar-refractivity contribution is 0.293. The second-order valence-corrected chi connectivity index (χ2v) is 4.96. The molecule has 2 N–H and O–H groups in total. The minimum absolute atomic E-state index is 0.123. The van der Waals surface area contributed by atoms with Crippen molar-refractivity contribution >= 4 is 0 Å². The topological polar surface area (TPSA) is 29.3 Å². The summed E-state index contributed by atoms with van der Waals surface area (Å²) in [4.78, 5) is 2.32. The van der Waals surface area contributed by atoms with Crippen LogP contribution < -0.4 is 5.73 Å². The van der Waals surface area contributed by atoms with E-state index in [0.29, 0.717) is 0 Å². The van der Waals surface area contributed by atoms with Gasteiger partial charge in [-0.2, -0.15) is 0 Å². The van der Waals surface area contributed by atoms with E-state index in [1.54, 1.807) is 0 Å². The minimum Gasteiger partial charge on any atom is -0.323 e. The van der Waals surface area contributed by atoms with Crippen molar-refractivity contribution in [3.63, 3.8) is 0 Å². The summed E-state index contributed by atoms with van der Waals surface area (Å²) in [5, 5.41) is 0. The van der Waals surface area contributed by atoms with Gasteiger partial charge < -0.3 is 10.6 Å². The standard InChI is InChI=1S/C14H24N2/c1-12(2)9-10-16(3)11-14(15)13-7-5-4-6-8-13/h4-8,12,14H,9-11,15H2,1-3H3. The highest BCUT2D eigenvalue weighted by Crippen LogP contribution is 2.11. The first-order valence-corrected chi connectivity index (χ1v) is 6.08. The fourth-order valence-electron chi connectivity index (χ4n) is 1.71. The van der Waals surface area contributed by atoms with E-state index in [1.165, 1.54) is 12.0 Å². The van der Waals surface area contributed by atoms with Crippen LogP contribution >= 0.6 is 0 Å². The third kappa shape index (κ3) is 4.77.